The van der Waals surface area contributed by atoms with E-state index in [1.54, 1.807) is 0 Å². The molecule has 0 radical (unpaired) electrons. The van der Waals surface area contributed by atoms with Crippen molar-refractivity contribution in [2.45, 2.75) is 31.6 Å². The number of benzene rings is 2. The number of amides is 1. The molecule has 6 heteroatoms. The number of hydrogen-bond acceptors (Lipinski definition) is 3. The van der Waals surface area contributed by atoms with Gasteiger partial charge in [0, 0.05) is 25.6 Å². The number of nitrogens with zero attached hydrogens (tertiary/aromatic N) is 2. The molecule has 1 aliphatic rings. The van der Waals surface area contributed by atoms with Crippen LogP contribution in [0.2, 0.25) is 0 Å². The molecular weight excluding hydrogens is 343 g/mol. The summed E-state index contributed by atoms with van der Waals surface area (Å²) in [6, 6.07) is 9.45. The Balaban J connectivity index is 1.68. The van der Waals surface area contributed by atoms with E-state index in [-0.39, 0.29) is 11.7 Å². The number of aromatic amines is 1. The van der Waals surface area contributed by atoms with Crippen molar-refractivity contribution < 1.29 is 9.18 Å². The molecular formula is C21H23FN4O. The van der Waals surface area contributed by atoms with Gasteiger partial charge in [-0.25, -0.2) is 9.37 Å². The molecule has 0 bridgehead atoms. The molecule has 1 heterocycles. The Kier molecular flexibility index (Phi) is 4.56. The Hall–Kier alpha value is -2.89. The lowest BCUT2D eigenvalue weighted by Gasteiger charge is -2.18. The van der Waals surface area contributed by atoms with Gasteiger partial charge < -0.3 is 15.2 Å². The van der Waals surface area contributed by atoms with E-state index >= 15 is 0 Å². The molecule has 0 atom stereocenters. The normalized spacial score (nSPS) is 14.6. The van der Waals surface area contributed by atoms with Crippen LogP contribution in [0.15, 0.2) is 36.4 Å². The monoisotopic (exact) mass is 366 g/mol. The zero-order chi connectivity index (χ0) is 19.0. The molecule has 1 saturated carbocycles. The minimum atomic E-state index is -0.362. The number of anilines is 2. The standard InChI is InChI=1S/C21H23FN4O/c1-26(2)19-12-17-16(23-20(24-17)13-5-3-4-6-13)11-18(19)25-21(27)14-7-9-15(22)10-8-14/h7-13H,3-6H2,1-2H3,(H,23,24)(H,25,27). The fourth-order valence-electron chi connectivity index (χ4n) is 3.72. The molecule has 1 amide bonds. The first-order valence-corrected chi connectivity index (χ1v) is 9.29. The minimum Gasteiger partial charge on any atom is -0.376 e. The Labute approximate surface area is 157 Å². The number of imidazole rings is 1. The Morgan fingerprint density at radius 1 is 1.19 bits per heavy atom. The van der Waals surface area contributed by atoms with Crippen LogP contribution in [0.4, 0.5) is 15.8 Å². The number of hydrogen-bond donors (Lipinski definition) is 2. The highest BCUT2D eigenvalue weighted by Gasteiger charge is 2.21. The van der Waals surface area contributed by atoms with Crippen LogP contribution in [0.25, 0.3) is 11.0 Å². The number of H-pyrrole nitrogens is 1. The molecule has 1 fully saturated rings. The summed E-state index contributed by atoms with van der Waals surface area (Å²) in [6.07, 6.45) is 4.86. The summed E-state index contributed by atoms with van der Waals surface area (Å²) in [7, 11) is 3.86. The zero-order valence-corrected chi connectivity index (χ0v) is 15.6. The van der Waals surface area contributed by atoms with Gasteiger partial charge in [-0.05, 0) is 49.2 Å². The number of fused-ring (bicyclic) bond motifs is 1. The van der Waals surface area contributed by atoms with Crippen LogP contribution in [0, 0.1) is 5.82 Å². The molecule has 0 spiro atoms. The van der Waals surface area contributed by atoms with E-state index in [9.17, 15) is 9.18 Å². The summed E-state index contributed by atoms with van der Waals surface area (Å²) in [6.45, 7) is 0. The summed E-state index contributed by atoms with van der Waals surface area (Å²) in [5.41, 5.74) is 3.81. The van der Waals surface area contributed by atoms with Crippen molar-refractivity contribution in [1.29, 1.82) is 0 Å². The van der Waals surface area contributed by atoms with Gasteiger partial charge in [-0.3, -0.25) is 4.79 Å². The van der Waals surface area contributed by atoms with Gasteiger partial charge in [0.05, 0.1) is 22.4 Å². The van der Waals surface area contributed by atoms with E-state index in [0.717, 1.165) is 22.5 Å². The van der Waals surface area contributed by atoms with Gasteiger partial charge in [0.1, 0.15) is 11.6 Å². The van der Waals surface area contributed by atoms with Crippen LogP contribution in [0.3, 0.4) is 0 Å². The predicted molar refractivity (Wildman–Crippen MR) is 106 cm³/mol. The fraction of sp³-hybridized carbons (Fsp3) is 0.333. The first kappa shape index (κ1) is 17.5. The predicted octanol–water partition coefficient (Wildman–Crippen LogP) is 4.68. The highest BCUT2D eigenvalue weighted by atomic mass is 19.1. The third kappa shape index (κ3) is 3.52. The number of halogens is 1. The maximum atomic E-state index is 13.1. The summed E-state index contributed by atoms with van der Waals surface area (Å²) < 4.78 is 13.1. The minimum absolute atomic E-state index is 0.270. The highest BCUT2D eigenvalue weighted by molar-refractivity contribution is 6.07. The quantitative estimate of drug-likeness (QED) is 0.705. The second kappa shape index (κ2) is 7.02. The Morgan fingerprint density at radius 3 is 2.56 bits per heavy atom. The van der Waals surface area contributed by atoms with Crippen molar-refractivity contribution in [3.63, 3.8) is 0 Å². The molecule has 1 aromatic heterocycles. The topological polar surface area (TPSA) is 61.0 Å². The molecule has 0 aliphatic heterocycles. The number of nitrogens with one attached hydrogen (secondary N) is 2. The van der Waals surface area contributed by atoms with Crippen molar-refractivity contribution in [1.82, 2.24) is 9.97 Å². The first-order valence-electron chi connectivity index (χ1n) is 9.29. The van der Waals surface area contributed by atoms with Crippen molar-refractivity contribution in [2.24, 2.45) is 0 Å². The lowest BCUT2D eigenvalue weighted by Crippen LogP contribution is -2.16. The summed E-state index contributed by atoms with van der Waals surface area (Å²) >= 11 is 0. The van der Waals surface area contributed by atoms with E-state index in [2.05, 4.69) is 10.3 Å². The van der Waals surface area contributed by atoms with Gasteiger partial charge in [0.25, 0.3) is 5.91 Å². The van der Waals surface area contributed by atoms with E-state index < -0.39 is 0 Å². The third-order valence-electron chi connectivity index (χ3n) is 5.20. The van der Waals surface area contributed by atoms with Gasteiger partial charge in [0.15, 0.2) is 0 Å². The van der Waals surface area contributed by atoms with Gasteiger partial charge in [-0.2, -0.15) is 0 Å². The van der Waals surface area contributed by atoms with E-state index in [1.807, 2.05) is 31.1 Å². The SMILES string of the molecule is CN(C)c1cc2nc(C3CCCC3)[nH]c2cc1NC(=O)c1ccc(F)cc1. The Bertz CT molecular complexity index is 972. The van der Waals surface area contributed by atoms with Crippen molar-refractivity contribution in [3.8, 4) is 0 Å². The zero-order valence-electron chi connectivity index (χ0n) is 15.6. The smallest absolute Gasteiger partial charge is 0.255 e. The molecule has 2 N–H and O–H groups in total. The molecule has 2 aromatic carbocycles. The second-order valence-electron chi connectivity index (χ2n) is 7.35. The van der Waals surface area contributed by atoms with Gasteiger partial charge in [-0.15, -0.1) is 0 Å². The molecule has 3 aromatic rings. The van der Waals surface area contributed by atoms with E-state index in [1.165, 1.54) is 49.9 Å². The van der Waals surface area contributed by atoms with Crippen LogP contribution in [0.1, 0.15) is 47.8 Å². The highest BCUT2D eigenvalue weighted by Crippen LogP contribution is 2.35. The number of rotatable bonds is 4. The molecule has 0 unspecified atom stereocenters. The van der Waals surface area contributed by atoms with Gasteiger partial charge in [-0.1, -0.05) is 12.8 Å². The molecule has 140 valence electrons. The fourth-order valence-corrected chi connectivity index (χ4v) is 3.72. The van der Waals surface area contributed by atoms with Crippen LogP contribution in [-0.2, 0) is 0 Å². The first-order chi connectivity index (χ1) is 13.0. The van der Waals surface area contributed by atoms with E-state index in [0.29, 0.717) is 17.2 Å². The lowest BCUT2D eigenvalue weighted by molar-refractivity contribution is 0.102. The Morgan fingerprint density at radius 2 is 1.89 bits per heavy atom. The maximum absolute atomic E-state index is 13.1. The van der Waals surface area contributed by atoms with Crippen LogP contribution < -0.4 is 10.2 Å². The molecule has 0 saturated heterocycles. The number of aromatic nitrogens is 2. The largest absolute Gasteiger partial charge is 0.376 e. The van der Waals surface area contributed by atoms with Gasteiger partial charge >= 0.3 is 0 Å². The molecule has 27 heavy (non-hydrogen) atoms. The van der Waals surface area contributed by atoms with Crippen molar-refractivity contribution in [3.05, 3.63) is 53.6 Å². The summed E-state index contributed by atoms with van der Waals surface area (Å²) in [4.78, 5) is 22.7. The lowest BCUT2D eigenvalue weighted by atomic mass is 10.1. The van der Waals surface area contributed by atoms with Gasteiger partial charge in [0.2, 0.25) is 0 Å². The average molecular weight is 366 g/mol. The number of carbonyl (C=O) groups excluding carboxylic acids is 1. The van der Waals surface area contributed by atoms with Crippen molar-refractivity contribution in [2.75, 3.05) is 24.3 Å². The summed E-state index contributed by atoms with van der Waals surface area (Å²) in [5.74, 6) is 0.901. The number of carbonyl (C=O) groups is 1. The van der Waals surface area contributed by atoms with E-state index in [4.69, 9.17) is 4.98 Å². The van der Waals surface area contributed by atoms with Crippen LogP contribution in [-0.4, -0.2) is 30.0 Å². The molecule has 5 nitrogen and oxygen atoms in total. The van der Waals surface area contributed by atoms with Crippen molar-refractivity contribution >= 4 is 28.3 Å². The van der Waals surface area contributed by atoms with Crippen LogP contribution >= 0.6 is 0 Å². The molecule has 4 rings (SSSR count). The second-order valence-corrected chi connectivity index (χ2v) is 7.35. The van der Waals surface area contributed by atoms with Crippen LogP contribution in [0.5, 0.6) is 0 Å². The third-order valence-corrected chi connectivity index (χ3v) is 5.20. The maximum Gasteiger partial charge on any atom is 0.255 e. The molecule has 1 aliphatic carbocycles. The average Bonchev–Trinajstić information content (AvgIpc) is 3.30. The summed E-state index contributed by atoms with van der Waals surface area (Å²) in [5, 5.41) is 2.95.